The van der Waals surface area contributed by atoms with Gasteiger partial charge in [0.05, 0.1) is 11.1 Å². The fraction of sp³-hybridized carbons (Fsp3) is 0.400. The molecule has 0 bridgehead atoms. The molecule has 3 heterocycles. The van der Waals surface area contributed by atoms with E-state index in [4.69, 9.17) is 11.6 Å². The number of fused-ring (bicyclic) bond motifs is 1. The Kier molecular flexibility index (Phi) is 4.48. The molecule has 0 saturated carbocycles. The SMILES string of the molecule is CC(=O)N1C[C@H]2CN(Cc3ccncc3Cl)C[C@H]2[C@@H]1c1ccccc1. The number of nitrogens with zero attached hydrogens (tertiary/aromatic N) is 3. The second kappa shape index (κ2) is 6.77. The number of hydrogen-bond acceptors (Lipinski definition) is 3. The Bertz CT molecular complexity index is 767. The van der Waals surface area contributed by atoms with Crippen LogP contribution < -0.4 is 0 Å². The van der Waals surface area contributed by atoms with E-state index in [2.05, 4.69) is 39.0 Å². The van der Waals surface area contributed by atoms with Gasteiger partial charge >= 0.3 is 0 Å². The van der Waals surface area contributed by atoms with Gasteiger partial charge in [0.1, 0.15) is 0 Å². The third-order valence-electron chi connectivity index (χ3n) is 5.54. The lowest BCUT2D eigenvalue weighted by Crippen LogP contribution is -2.34. The molecule has 1 aromatic carbocycles. The van der Waals surface area contributed by atoms with Crippen molar-refractivity contribution in [1.29, 1.82) is 0 Å². The Labute approximate surface area is 153 Å². The maximum absolute atomic E-state index is 12.2. The van der Waals surface area contributed by atoms with Crippen LogP contribution in [0.25, 0.3) is 0 Å². The molecule has 2 aromatic rings. The Morgan fingerprint density at radius 2 is 2.00 bits per heavy atom. The van der Waals surface area contributed by atoms with Gasteiger partial charge in [0, 0.05) is 51.4 Å². The van der Waals surface area contributed by atoms with Crippen LogP contribution in [-0.4, -0.2) is 40.3 Å². The first kappa shape index (κ1) is 16.6. The first-order chi connectivity index (χ1) is 12.1. The number of rotatable bonds is 3. The van der Waals surface area contributed by atoms with Gasteiger partial charge in [0.25, 0.3) is 0 Å². The molecular formula is C20H22ClN3O. The molecule has 130 valence electrons. The fourth-order valence-corrected chi connectivity index (χ4v) is 4.62. The van der Waals surface area contributed by atoms with Crippen LogP contribution in [0.3, 0.4) is 0 Å². The monoisotopic (exact) mass is 355 g/mol. The van der Waals surface area contributed by atoms with E-state index >= 15 is 0 Å². The summed E-state index contributed by atoms with van der Waals surface area (Å²) in [5.74, 6) is 1.17. The smallest absolute Gasteiger partial charge is 0.219 e. The molecule has 4 rings (SSSR count). The van der Waals surface area contributed by atoms with Crippen molar-refractivity contribution in [2.75, 3.05) is 19.6 Å². The Hall–Kier alpha value is -1.91. The van der Waals surface area contributed by atoms with E-state index in [1.54, 1.807) is 19.3 Å². The highest BCUT2D eigenvalue weighted by Gasteiger charge is 2.48. The first-order valence-electron chi connectivity index (χ1n) is 8.76. The average molecular weight is 356 g/mol. The standard InChI is InChI=1S/C20H22ClN3O/c1-14(25)24-12-17-11-23(10-16-7-8-22-9-19(16)21)13-18(17)20(24)15-5-3-2-4-6-15/h2-9,17-18,20H,10-13H2,1H3/t17-,18-,20+/m1/s1. The van der Waals surface area contributed by atoms with E-state index in [0.717, 1.165) is 36.8 Å². The highest BCUT2D eigenvalue weighted by atomic mass is 35.5. The lowest BCUT2D eigenvalue weighted by atomic mass is 9.89. The molecule has 3 atom stereocenters. The summed E-state index contributed by atoms with van der Waals surface area (Å²) < 4.78 is 0. The Morgan fingerprint density at radius 3 is 2.72 bits per heavy atom. The van der Waals surface area contributed by atoms with E-state index in [1.807, 2.05) is 12.1 Å². The van der Waals surface area contributed by atoms with Gasteiger partial charge in [-0.05, 0) is 23.1 Å². The molecule has 1 aromatic heterocycles. The van der Waals surface area contributed by atoms with Crippen molar-refractivity contribution in [2.45, 2.75) is 19.5 Å². The third-order valence-corrected chi connectivity index (χ3v) is 5.88. The molecule has 0 spiro atoms. The van der Waals surface area contributed by atoms with E-state index < -0.39 is 0 Å². The van der Waals surface area contributed by atoms with Crippen LogP contribution in [-0.2, 0) is 11.3 Å². The summed E-state index contributed by atoms with van der Waals surface area (Å²) in [6, 6.07) is 12.6. The summed E-state index contributed by atoms with van der Waals surface area (Å²) in [4.78, 5) is 20.7. The van der Waals surface area contributed by atoms with Gasteiger partial charge in [-0.1, -0.05) is 41.9 Å². The van der Waals surface area contributed by atoms with Gasteiger partial charge in [-0.25, -0.2) is 0 Å². The van der Waals surface area contributed by atoms with Crippen molar-refractivity contribution in [3.05, 3.63) is 64.9 Å². The lowest BCUT2D eigenvalue weighted by Gasteiger charge is -2.29. The largest absolute Gasteiger partial charge is 0.335 e. The molecule has 2 aliphatic heterocycles. The predicted molar refractivity (Wildman–Crippen MR) is 98.1 cm³/mol. The minimum atomic E-state index is 0.173. The number of carbonyl (C=O) groups is 1. The van der Waals surface area contributed by atoms with Crippen LogP contribution >= 0.6 is 11.6 Å². The van der Waals surface area contributed by atoms with Gasteiger partial charge in [0.15, 0.2) is 0 Å². The maximum Gasteiger partial charge on any atom is 0.219 e. The summed E-state index contributed by atoms with van der Waals surface area (Å²) >= 11 is 6.27. The van der Waals surface area contributed by atoms with E-state index in [9.17, 15) is 4.79 Å². The number of halogens is 1. The number of carbonyl (C=O) groups excluding carboxylic acids is 1. The summed E-state index contributed by atoms with van der Waals surface area (Å²) in [6.07, 6.45) is 3.50. The maximum atomic E-state index is 12.2. The highest BCUT2D eigenvalue weighted by molar-refractivity contribution is 6.31. The first-order valence-corrected chi connectivity index (χ1v) is 9.14. The molecule has 2 saturated heterocycles. The number of pyridine rings is 1. The molecule has 2 aliphatic rings. The van der Waals surface area contributed by atoms with Gasteiger partial charge < -0.3 is 4.90 Å². The summed E-state index contributed by atoms with van der Waals surface area (Å²) in [6.45, 7) is 5.38. The molecule has 1 amide bonds. The van der Waals surface area contributed by atoms with E-state index in [0.29, 0.717) is 11.8 Å². The second-order valence-corrected chi connectivity index (χ2v) is 7.52. The van der Waals surface area contributed by atoms with E-state index in [1.165, 1.54) is 5.56 Å². The zero-order valence-corrected chi connectivity index (χ0v) is 15.1. The number of benzene rings is 1. The van der Waals surface area contributed by atoms with Crippen LogP contribution in [0.1, 0.15) is 24.1 Å². The summed E-state index contributed by atoms with van der Waals surface area (Å²) in [5, 5.41) is 0.726. The topological polar surface area (TPSA) is 36.4 Å². The van der Waals surface area contributed by atoms with Crippen LogP contribution in [0.5, 0.6) is 0 Å². The molecular weight excluding hydrogens is 334 g/mol. The Balaban J connectivity index is 1.55. The number of hydrogen-bond donors (Lipinski definition) is 0. The van der Waals surface area contributed by atoms with Crippen molar-refractivity contribution < 1.29 is 4.79 Å². The zero-order chi connectivity index (χ0) is 17.4. The lowest BCUT2D eigenvalue weighted by molar-refractivity contribution is -0.130. The molecule has 25 heavy (non-hydrogen) atoms. The molecule has 2 fully saturated rings. The minimum absolute atomic E-state index is 0.173. The summed E-state index contributed by atoms with van der Waals surface area (Å²) in [5.41, 5.74) is 2.37. The summed E-state index contributed by atoms with van der Waals surface area (Å²) in [7, 11) is 0. The third kappa shape index (κ3) is 3.16. The average Bonchev–Trinajstić information content (AvgIpc) is 3.15. The normalized spacial score (nSPS) is 26.0. The van der Waals surface area contributed by atoms with Crippen LogP contribution in [0.4, 0.5) is 0 Å². The van der Waals surface area contributed by atoms with Gasteiger partial charge in [-0.15, -0.1) is 0 Å². The molecule has 4 nitrogen and oxygen atoms in total. The zero-order valence-electron chi connectivity index (χ0n) is 14.3. The number of amides is 1. The van der Waals surface area contributed by atoms with E-state index in [-0.39, 0.29) is 11.9 Å². The van der Waals surface area contributed by atoms with Gasteiger partial charge in [-0.2, -0.15) is 0 Å². The quantitative estimate of drug-likeness (QED) is 0.846. The number of likely N-dealkylation sites (tertiary alicyclic amines) is 2. The van der Waals surface area contributed by atoms with Crippen molar-refractivity contribution in [3.63, 3.8) is 0 Å². The van der Waals surface area contributed by atoms with Gasteiger partial charge in [-0.3, -0.25) is 14.7 Å². The molecule has 0 N–H and O–H groups in total. The molecule has 0 aliphatic carbocycles. The molecule has 5 heteroatoms. The van der Waals surface area contributed by atoms with Crippen LogP contribution in [0.2, 0.25) is 5.02 Å². The molecule has 0 radical (unpaired) electrons. The van der Waals surface area contributed by atoms with Crippen molar-refractivity contribution in [2.24, 2.45) is 11.8 Å². The predicted octanol–water partition coefficient (Wildman–Crippen LogP) is 3.39. The Morgan fingerprint density at radius 1 is 1.20 bits per heavy atom. The van der Waals surface area contributed by atoms with Crippen molar-refractivity contribution >= 4 is 17.5 Å². The highest BCUT2D eigenvalue weighted by Crippen LogP contribution is 2.45. The van der Waals surface area contributed by atoms with Crippen molar-refractivity contribution in [1.82, 2.24) is 14.8 Å². The number of aromatic nitrogens is 1. The minimum Gasteiger partial charge on any atom is -0.335 e. The van der Waals surface area contributed by atoms with Crippen LogP contribution in [0.15, 0.2) is 48.8 Å². The fourth-order valence-electron chi connectivity index (χ4n) is 4.44. The van der Waals surface area contributed by atoms with Crippen molar-refractivity contribution in [3.8, 4) is 0 Å². The van der Waals surface area contributed by atoms with Crippen LogP contribution in [0, 0.1) is 11.8 Å². The van der Waals surface area contributed by atoms with Gasteiger partial charge in [0.2, 0.25) is 5.91 Å². The second-order valence-electron chi connectivity index (χ2n) is 7.11. The molecule has 0 unspecified atom stereocenters.